The van der Waals surface area contributed by atoms with E-state index in [0.29, 0.717) is 12.3 Å². The zero-order valence-electron chi connectivity index (χ0n) is 16.1. The van der Waals surface area contributed by atoms with E-state index in [0.717, 1.165) is 64.2 Å². The zero-order chi connectivity index (χ0) is 18.7. The molecule has 1 aliphatic rings. The summed E-state index contributed by atoms with van der Waals surface area (Å²) in [4.78, 5) is 10.5. The van der Waals surface area contributed by atoms with Crippen LogP contribution < -0.4 is 0 Å². The Morgan fingerprint density at radius 1 is 1.16 bits per heavy atom. The maximum Gasteiger partial charge on any atom is 0.303 e. The van der Waals surface area contributed by atoms with Gasteiger partial charge in [0, 0.05) is 6.42 Å². The molecule has 146 valence electrons. The summed E-state index contributed by atoms with van der Waals surface area (Å²) in [5, 5.41) is 29.5. The second-order valence-corrected chi connectivity index (χ2v) is 8.05. The van der Waals surface area contributed by atoms with Crippen LogP contribution in [0.3, 0.4) is 0 Å². The van der Waals surface area contributed by atoms with Crippen molar-refractivity contribution in [2.45, 2.75) is 103 Å². The Kier molecular flexibility index (Phi) is 10.4. The number of carboxylic acid groups (broad SMARTS) is 1. The Balaban J connectivity index is 2.35. The van der Waals surface area contributed by atoms with Gasteiger partial charge in [-0.15, -0.1) is 0 Å². The van der Waals surface area contributed by atoms with Crippen molar-refractivity contribution in [3.63, 3.8) is 0 Å². The number of aliphatic carboxylic acids is 1. The molecule has 0 saturated heterocycles. The SMILES string of the molecule is CCCCCC(C)(O)CC[C@@H]1[C@@H](C/C=C\CCCC(=O)O)CC[C@@H]1O. The molecule has 4 atom stereocenters. The van der Waals surface area contributed by atoms with Gasteiger partial charge in [0.15, 0.2) is 0 Å². The van der Waals surface area contributed by atoms with Gasteiger partial charge < -0.3 is 15.3 Å². The van der Waals surface area contributed by atoms with E-state index in [4.69, 9.17) is 5.11 Å². The third-order valence-electron chi connectivity index (χ3n) is 5.64. The van der Waals surface area contributed by atoms with Crippen LogP contribution in [0, 0.1) is 11.8 Å². The molecular formula is C21H38O4. The Bertz CT molecular complexity index is 403. The number of aliphatic hydroxyl groups excluding tert-OH is 1. The topological polar surface area (TPSA) is 77.8 Å². The maximum atomic E-state index is 10.5. The summed E-state index contributed by atoms with van der Waals surface area (Å²) in [6.07, 6.45) is 14.4. The van der Waals surface area contributed by atoms with Crippen molar-refractivity contribution in [1.29, 1.82) is 0 Å². The Morgan fingerprint density at radius 3 is 2.60 bits per heavy atom. The fourth-order valence-corrected chi connectivity index (χ4v) is 3.97. The van der Waals surface area contributed by atoms with Gasteiger partial charge in [-0.2, -0.15) is 0 Å². The normalized spacial score (nSPS) is 26.2. The Labute approximate surface area is 153 Å². The number of aliphatic hydroxyl groups is 2. The maximum absolute atomic E-state index is 10.5. The quantitative estimate of drug-likeness (QED) is 0.331. The van der Waals surface area contributed by atoms with E-state index in [1.54, 1.807) is 0 Å². The number of allylic oxidation sites excluding steroid dienone is 2. The average Bonchev–Trinajstić information content (AvgIpc) is 2.89. The molecule has 0 aromatic heterocycles. The Hall–Kier alpha value is -0.870. The van der Waals surface area contributed by atoms with Gasteiger partial charge in [-0.1, -0.05) is 38.3 Å². The van der Waals surface area contributed by atoms with E-state index in [2.05, 4.69) is 19.1 Å². The molecule has 1 unspecified atom stereocenters. The van der Waals surface area contributed by atoms with Crippen molar-refractivity contribution >= 4 is 5.97 Å². The fourth-order valence-electron chi connectivity index (χ4n) is 3.97. The number of rotatable bonds is 13. The standard InChI is InChI=1S/C21H38O4/c1-3-4-9-15-21(2,25)16-14-18-17(12-13-19(18)22)10-7-5-6-8-11-20(23)24/h5,7,17-19,22,25H,3-4,6,8-16H2,1-2H3,(H,23,24)/b7-5-/t17-,18+,19-,21?/m0/s1. The number of hydrogen-bond acceptors (Lipinski definition) is 3. The van der Waals surface area contributed by atoms with Gasteiger partial charge >= 0.3 is 5.97 Å². The third kappa shape index (κ3) is 9.41. The molecule has 0 aromatic carbocycles. The van der Waals surface area contributed by atoms with Crippen LogP contribution >= 0.6 is 0 Å². The van der Waals surface area contributed by atoms with Crippen LogP contribution in [0.5, 0.6) is 0 Å². The summed E-state index contributed by atoms with van der Waals surface area (Å²) in [5.41, 5.74) is -0.616. The first kappa shape index (κ1) is 22.2. The summed E-state index contributed by atoms with van der Waals surface area (Å²) < 4.78 is 0. The summed E-state index contributed by atoms with van der Waals surface area (Å²) in [7, 11) is 0. The molecule has 25 heavy (non-hydrogen) atoms. The van der Waals surface area contributed by atoms with E-state index < -0.39 is 11.6 Å². The first-order valence-corrected chi connectivity index (χ1v) is 10.1. The summed E-state index contributed by atoms with van der Waals surface area (Å²) in [6, 6.07) is 0. The molecule has 0 aliphatic heterocycles. The van der Waals surface area contributed by atoms with E-state index in [1.165, 1.54) is 0 Å². The molecule has 0 spiro atoms. The fraction of sp³-hybridized carbons (Fsp3) is 0.857. The molecule has 3 N–H and O–H groups in total. The highest BCUT2D eigenvalue weighted by molar-refractivity contribution is 5.66. The van der Waals surface area contributed by atoms with Gasteiger partial charge in [0.05, 0.1) is 11.7 Å². The monoisotopic (exact) mass is 354 g/mol. The molecule has 0 heterocycles. The van der Waals surface area contributed by atoms with E-state index in [-0.39, 0.29) is 18.4 Å². The van der Waals surface area contributed by atoms with E-state index in [9.17, 15) is 15.0 Å². The van der Waals surface area contributed by atoms with E-state index >= 15 is 0 Å². The van der Waals surface area contributed by atoms with Gasteiger partial charge in [-0.25, -0.2) is 0 Å². The molecule has 1 rings (SSSR count). The molecule has 0 aromatic rings. The van der Waals surface area contributed by atoms with Gasteiger partial charge in [0.1, 0.15) is 0 Å². The largest absolute Gasteiger partial charge is 0.481 e. The molecule has 0 amide bonds. The second-order valence-electron chi connectivity index (χ2n) is 8.05. The number of carbonyl (C=O) groups is 1. The molecule has 4 heteroatoms. The lowest BCUT2D eigenvalue weighted by molar-refractivity contribution is -0.137. The van der Waals surface area contributed by atoms with Crippen LogP contribution in [0.15, 0.2) is 12.2 Å². The van der Waals surface area contributed by atoms with Crippen LogP contribution in [-0.2, 0) is 4.79 Å². The van der Waals surface area contributed by atoms with Crippen molar-refractivity contribution in [1.82, 2.24) is 0 Å². The Morgan fingerprint density at radius 2 is 1.92 bits per heavy atom. The molecule has 0 bridgehead atoms. The molecular weight excluding hydrogens is 316 g/mol. The predicted octanol–water partition coefficient (Wildman–Crippen LogP) is 4.69. The van der Waals surface area contributed by atoms with Gasteiger partial charge in [0.2, 0.25) is 0 Å². The number of carboxylic acids is 1. The highest BCUT2D eigenvalue weighted by Crippen LogP contribution is 2.39. The average molecular weight is 355 g/mol. The van der Waals surface area contributed by atoms with Crippen molar-refractivity contribution in [2.24, 2.45) is 11.8 Å². The van der Waals surface area contributed by atoms with Crippen molar-refractivity contribution in [3.8, 4) is 0 Å². The van der Waals surface area contributed by atoms with Crippen LogP contribution in [-0.4, -0.2) is 33.0 Å². The lowest BCUT2D eigenvalue weighted by atomic mass is 9.83. The van der Waals surface area contributed by atoms with Crippen molar-refractivity contribution in [3.05, 3.63) is 12.2 Å². The lowest BCUT2D eigenvalue weighted by Crippen LogP contribution is -2.28. The summed E-state index contributed by atoms with van der Waals surface area (Å²) >= 11 is 0. The molecule has 1 aliphatic carbocycles. The van der Waals surface area contributed by atoms with Crippen molar-refractivity contribution in [2.75, 3.05) is 0 Å². The van der Waals surface area contributed by atoms with Gasteiger partial charge in [-0.05, 0) is 70.1 Å². The molecule has 1 saturated carbocycles. The summed E-state index contributed by atoms with van der Waals surface area (Å²) in [6.45, 7) is 4.10. The van der Waals surface area contributed by atoms with Gasteiger partial charge in [0.25, 0.3) is 0 Å². The smallest absolute Gasteiger partial charge is 0.303 e. The number of hydrogen-bond donors (Lipinski definition) is 3. The minimum absolute atomic E-state index is 0.224. The molecule has 1 fully saturated rings. The van der Waals surface area contributed by atoms with Crippen LogP contribution in [0.25, 0.3) is 0 Å². The second kappa shape index (κ2) is 11.7. The third-order valence-corrected chi connectivity index (χ3v) is 5.64. The number of unbranched alkanes of at least 4 members (excludes halogenated alkanes) is 3. The molecule has 0 radical (unpaired) electrons. The zero-order valence-corrected chi connectivity index (χ0v) is 16.1. The molecule has 4 nitrogen and oxygen atoms in total. The highest BCUT2D eigenvalue weighted by atomic mass is 16.4. The van der Waals surface area contributed by atoms with Crippen LogP contribution in [0.1, 0.15) is 90.9 Å². The van der Waals surface area contributed by atoms with E-state index in [1.807, 2.05) is 6.92 Å². The lowest BCUT2D eigenvalue weighted by Gasteiger charge is -2.28. The van der Waals surface area contributed by atoms with Gasteiger partial charge in [-0.3, -0.25) is 4.79 Å². The first-order valence-electron chi connectivity index (χ1n) is 10.1. The minimum Gasteiger partial charge on any atom is -0.481 e. The minimum atomic E-state index is -0.738. The van der Waals surface area contributed by atoms with Crippen LogP contribution in [0.4, 0.5) is 0 Å². The predicted molar refractivity (Wildman–Crippen MR) is 101 cm³/mol. The summed E-state index contributed by atoms with van der Waals surface area (Å²) in [5.74, 6) is 0.0249. The van der Waals surface area contributed by atoms with Crippen molar-refractivity contribution < 1.29 is 20.1 Å². The highest BCUT2D eigenvalue weighted by Gasteiger charge is 2.35. The van der Waals surface area contributed by atoms with Crippen LogP contribution in [0.2, 0.25) is 0 Å². The first-order chi connectivity index (χ1) is 11.9.